The molecule has 0 aliphatic carbocycles. The number of amides is 1. The van der Waals surface area contributed by atoms with E-state index in [-0.39, 0.29) is 5.11 Å². The summed E-state index contributed by atoms with van der Waals surface area (Å²) in [5.41, 5.74) is 1.27. The van der Waals surface area contributed by atoms with E-state index in [0.717, 1.165) is 15.8 Å². The van der Waals surface area contributed by atoms with E-state index in [1.807, 2.05) is 36.4 Å². The summed E-state index contributed by atoms with van der Waals surface area (Å²) >= 11 is 14.6. The molecule has 0 aliphatic rings. The SMILES string of the molecule is COc1ccc(Cl)cc1C(=O)NC(=S)NCc1ccc(-c2ccc(Br)cc2)o1. The molecule has 0 aliphatic heterocycles. The fourth-order valence-corrected chi connectivity index (χ4v) is 3.08. The Morgan fingerprint density at radius 3 is 2.64 bits per heavy atom. The summed E-state index contributed by atoms with van der Waals surface area (Å²) in [7, 11) is 1.48. The van der Waals surface area contributed by atoms with E-state index in [1.165, 1.54) is 13.2 Å². The van der Waals surface area contributed by atoms with Crippen LogP contribution in [0.1, 0.15) is 16.1 Å². The Kier molecular flexibility index (Phi) is 6.72. The van der Waals surface area contributed by atoms with Crippen molar-refractivity contribution in [3.63, 3.8) is 0 Å². The minimum absolute atomic E-state index is 0.175. The largest absolute Gasteiger partial charge is 0.496 e. The smallest absolute Gasteiger partial charge is 0.261 e. The number of ether oxygens (including phenoxy) is 1. The molecule has 1 heterocycles. The minimum atomic E-state index is -0.410. The Hall–Kier alpha value is -2.35. The average Bonchev–Trinajstić information content (AvgIpc) is 3.16. The third kappa shape index (κ3) is 5.13. The lowest BCUT2D eigenvalue weighted by Gasteiger charge is -2.11. The van der Waals surface area contributed by atoms with Crippen LogP contribution in [0.15, 0.2) is 63.5 Å². The molecule has 0 saturated heterocycles. The molecule has 5 nitrogen and oxygen atoms in total. The summed E-state index contributed by atoms with van der Waals surface area (Å²) in [4.78, 5) is 12.4. The number of furan rings is 1. The molecular formula is C20H16BrClN2O3S. The molecule has 1 aromatic heterocycles. The zero-order valence-electron chi connectivity index (χ0n) is 14.8. The highest BCUT2D eigenvalue weighted by Crippen LogP contribution is 2.24. The van der Waals surface area contributed by atoms with Gasteiger partial charge in [-0.05, 0) is 54.7 Å². The molecule has 2 N–H and O–H groups in total. The lowest BCUT2D eigenvalue weighted by molar-refractivity contribution is 0.0973. The molecule has 0 unspecified atom stereocenters. The Morgan fingerprint density at radius 1 is 1.18 bits per heavy atom. The predicted octanol–water partition coefficient (Wildman–Crippen LogP) is 5.18. The van der Waals surface area contributed by atoms with Gasteiger partial charge in [-0.1, -0.05) is 39.7 Å². The fourth-order valence-electron chi connectivity index (χ4n) is 2.48. The Bertz CT molecular complexity index is 1000. The standard InChI is InChI=1S/C20H16BrClN2O3S/c1-26-18-8-6-14(22)10-16(18)19(25)24-20(28)23-11-15-7-9-17(27-15)12-2-4-13(21)5-3-12/h2-10H,11H2,1H3,(H2,23,24,25,28). The van der Waals surface area contributed by atoms with Crippen molar-refractivity contribution in [3.05, 3.63) is 75.4 Å². The second-order valence-electron chi connectivity index (χ2n) is 5.75. The topological polar surface area (TPSA) is 63.5 Å². The van der Waals surface area contributed by atoms with Crippen molar-refractivity contribution >= 4 is 50.8 Å². The van der Waals surface area contributed by atoms with Crippen molar-refractivity contribution in [1.82, 2.24) is 10.6 Å². The molecule has 8 heteroatoms. The van der Waals surface area contributed by atoms with E-state index in [0.29, 0.717) is 28.6 Å². The van der Waals surface area contributed by atoms with E-state index in [9.17, 15) is 4.79 Å². The number of carbonyl (C=O) groups excluding carboxylic acids is 1. The van der Waals surface area contributed by atoms with Crippen molar-refractivity contribution in [1.29, 1.82) is 0 Å². The van der Waals surface area contributed by atoms with E-state index >= 15 is 0 Å². The van der Waals surface area contributed by atoms with E-state index in [1.54, 1.807) is 12.1 Å². The van der Waals surface area contributed by atoms with E-state index < -0.39 is 5.91 Å². The molecule has 0 atom stereocenters. The van der Waals surface area contributed by atoms with Gasteiger partial charge in [-0.15, -0.1) is 0 Å². The van der Waals surface area contributed by atoms with Crippen LogP contribution in [0.25, 0.3) is 11.3 Å². The number of nitrogens with one attached hydrogen (secondary N) is 2. The summed E-state index contributed by atoms with van der Waals surface area (Å²) in [6.45, 7) is 0.336. The first-order valence-electron chi connectivity index (χ1n) is 8.23. The molecule has 3 aromatic rings. The minimum Gasteiger partial charge on any atom is -0.496 e. The number of methoxy groups -OCH3 is 1. The first-order chi connectivity index (χ1) is 13.5. The van der Waals surface area contributed by atoms with Crippen LogP contribution >= 0.6 is 39.7 Å². The molecule has 3 rings (SSSR count). The normalized spacial score (nSPS) is 10.4. The maximum absolute atomic E-state index is 12.4. The highest BCUT2D eigenvalue weighted by atomic mass is 79.9. The van der Waals surface area contributed by atoms with Gasteiger partial charge in [0.25, 0.3) is 5.91 Å². The molecule has 2 aromatic carbocycles. The average molecular weight is 480 g/mol. The number of carbonyl (C=O) groups is 1. The number of hydrogen-bond donors (Lipinski definition) is 2. The Morgan fingerprint density at radius 2 is 1.93 bits per heavy atom. The van der Waals surface area contributed by atoms with Crippen molar-refractivity contribution < 1.29 is 13.9 Å². The quantitative estimate of drug-likeness (QED) is 0.494. The maximum Gasteiger partial charge on any atom is 0.261 e. The van der Waals surface area contributed by atoms with Crippen LogP contribution < -0.4 is 15.4 Å². The highest BCUT2D eigenvalue weighted by Gasteiger charge is 2.14. The number of benzene rings is 2. The fraction of sp³-hybridized carbons (Fsp3) is 0.100. The molecule has 0 fully saturated rings. The van der Waals surface area contributed by atoms with Gasteiger partial charge < -0.3 is 14.5 Å². The van der Waals surface area contributed by atoms with Crippen LogP contribution in [0.4, 0.5) is 0 Å². The molecule has 0 spiro atoms. The third-order valence-electron chi connectivity index (χ3n) is 3.85. The number of rotatable bonds is 5. The molecular weight excluding hydrogens is 464 g/mol. The van der Waals surface area contributed by atoms with Crippen LogP contribution in [0, 0.1) is 0 Å². The second-order valence-corrected chi connectivity index (χ2v) is 7.51. The monoisotopic (exact) mass is 478 g/mol. The van der Waals surface area contributed by atoms with Gasteiger partial charge in [-0.25, -0.2) is 0 Å². The highest BCUT2D eigenvalue weighted by molar-refractivity contribution is 9.10. The molecule has 0 saturated carbocycles. The van der Waals surface area contributed by atoms with Crippen LogP contribution in [-0.2, 0) is 6.54 Å². The lowest BCUT2D eigenvalue weighted by atomic mass is 10.2. The van der Waals surface area contributed by atoms with Crippen molar-refractivity contribution in [3.8, 4) is 17.1 Å². The maximum atomic E-state index is 12.4. The Labute approximate surface area is 181 Å². The van der Waals surface area contributed by atoms with Crippen LogP contribution in [0.3, 0.4) is 0 Å². The van der Waals surface area contributed by atoms with Crippen molar-refractivity contribution in [2.75, 3.05) is 7.11 Å². The van der Waals surface area contributed by atoms with E-state index in [2.05, 4.69) is 26.6 Å². The predicted molar refractivity (Wildman–Crippen MR) is 117 cm³/mol. The molecule has 0 radical (unpaired) electrons. The second kappa shape index (κ2) is 9.23. The summed E-state index contributed by atoms with van der Waals surface area (Å²) in [6.07, 6.45) is 0. The zero-order chi connectivity index (χ0) is 20.1. The summed E-state index contributed by atoms with van der Waals surface area (Å²) in [6, 6.07) is 16.4. The first-order valence-corrected chi connectivity index (χ1v) is 9.81. The van der Waals surface area contributed by atoms with E-state index in [4.69, 9.17) is 33.0 Å². The van der Waals surface area contributed by atoms with Gasteiger partial charge >= 0.3 is 0 Å². The van der Waals surface area contributed by atoms with Gasteiger partial charge in [0.05, 0.1) is 19.2 Å². The number of thiocarbonyl (C=S) groups is 1. The van der Waals surface area contributed by atoms with Gasteiger partial charge in [-0.3, -0.25) is 10.1 Å². The van der Waals surface area contributed by atoms with Crippen LogP contribution in [-0.4, -0.2) is 18.1 Å². The van der Waals surface area contributed by atoms with Gasteiger partial charge in [0, 0.05) is 15.1 Å². The third-order valence-corrected chi connectivity index (χ3v) is 4.86. The first kappa shape index (κ1) is 20.4. The van der Waals surface area contributed by atoms with Crippen LogP contribution in [0.5, 0.6) is 5.75 Å². The lowest BCUT2D eigenvalue weighted by Crippen LogP contribution is -2.38. The van der Waals surface area contributed by atoms with Gasteiger partial charge in [0.2, 0.25) is 0 Å². The summed E-state index contributed by atoms with van der Waals surface area (Å²) < 4.78 is 12.0. The zero-order valence-corrected chi connectivity index (χ0v) is 18.0. The van der Waals surface area contributed by atoms with Gasteiger partial charge in [0.15, 0.2) is 5.11 Å². The summed E-state index contributed by atoms with van der Waals surface area (Å²) in [5, 5.41) is 6.17. The molecule has 28 heavy (non-hydrogen) atoms. The molecule has 1 amide bonds. The number of halogens is 2. The number of hydrogen-bond acceptors (Lipinski definition) is 4. The van der Waals surface area contributed by atoms with Gasteiger partial charge in [0.1, 0.15) is 17.3 Å². The van der Waals surface area contributed by atoms with Crippen molar-refractivity contribution in [2.24, 2.45) is 0 Å². The molecule has 0 bridgehead atoms. The molecule has 144 valence electrons. The van der Waals surface area contributed by atoms with Crippen molar-refractivity contribution in [2.45, 2.75) is 6.54 Å². The van der Waals surface area contributed by atoms with Gasteiger partial charge in [-0.2, -0.15) is 0 Å². The van der Waals surface area contributed by atoms with Crippen LogP contribution in [0.2, 0.25) is 5.02 Å². The summed E-state index contributed by atoms with van der Waals surface area (Å²) in [5.74, 6) is 1.44. The Balaban J connectivity index is 1.58.